The van der Waals surface area contributed by atoms with Crippen molar-refractivity contribution in [2.75, 3.05) is 20.1 Å². The molecule has 4 unspecified atom stereocenters. The topological polar surface area (TPSA) is 45.5 Å². The summed E-state index contributed by atoms with van der Waals surface area (Å²) in [7, 11) is 1.85. The van der Waals surface area contributed by atoms with E-state index in [9.17, 15) is 4.79 Å². The Morgan fingerprint density at radius 2 is 2.27 bits per heavy atom. The Morgan fingerprint density at radius 3 is 3.09 bits per heavy atom. The van der Waals surface area contributed by atoms with Gasteiger partial charge in [-0.1, -0.05) is 19.3 Å². The number of nitrogens with one attached hydrogen (secondary N) is 1. The molecule has 2 heterocycles. The van der Waals surface area contributed by atoms with Crippen molar-refractivity contribution in [3.63, 3.8) is 0 Å². The summed E-state index contributed by atoms with van der Waals surface area (Å²) in [4.78, 5) is 15.0. The second-order valence-corrected chi connectivity index (χ2v) is 7.35. The van der Waals surface area contributed by atoms with E-state index in [-0.39, 0.29) is 11.9 Å². The van der Waals surface area contributed by atoms with Gasteiger partial charge >= 0.3 is 0 Å². The van der Waals surface area contributed by atoms with Crippen LogP contribution in [0.3, 0.4) is 0 Å². The fraction of sp³-hybridized carbons (Fsp3) is 0.722. The van der Waals surface area contributed by atoms with Crippen molar-refractivity contribution in [3.8, 4) is 0 Å². The molecule has 2 bridgehead atoms. The number of fused-ring (bicyclic) bond motifs is 3. The highest BCUT2D eigenvalue weighted by atomic mass is 16.3. The largest absolute Gasteiger partial charge is 0.467 e. The van der Waals surface area contributed by atoms with Crippen molar-refractivity contribution in [1.82, 2.24) is 10.2 Å². The minimum absolute atomic E-state index is 0.192. The molecule has 1 amide bonds. The Kier molecular flexibility index (Phi) is 3.73. The van der Waals surface area contributed by atoms with Gasteiger partial charge in [-0.2, -0.15) is 0 Å². The summed E-state index contributed by atoms with van der Waals surface area (Å²) in [5.74, 6) is 3.52. The zero-order chi connectivity index (χ0) is 15.1. The van der Waals surface area contributed by atoms with Crippen LogP contribution in [0.2, 0.25) is 0 Å². The standard InChI is InChI=1S/C18H26N2O2/c1-19-16-17-13(6-8-22-17)5-7-20(18(16)21)11-15-10-12-3-2-4-14(15)9-12/h6,8,12,14-16,19H,2-5,7,9-11H2,1H3. The van der Waals surface area contributed by atoms with E-state index in [1.54, 1.807) is 6.26 Å². The molecule has 22 heavy (non-hydrogen) atoms. The van der Waals surface area contributed by atoms with E-state index in [4.69, 9.17) is 4.42 Å². The van der Waals surface area contributed by atoms with Crippen LogP contribution in [0, 0.1) is 17.8 Å². The van der Waals surface area contributed by atoms with Crippen LogP contribution in [0.15, 0.2) is 16.7 Å². The molecule has 1 aromatic rings. The molecular weight excluding hydrogens is 276 g/mol. The molecule has 0 radical (unpaired) electrons. The minimum atomic E-state index is -0.312. The van der Waals surface area contributed by atoms with Gasteiger partial charge in [0.25, 0.3) is 0 Å². The third kappa shape index (κ3) is 2.37. The maximum Gasteiger partial charge on any atom is 0.247 e. The Labute approximate surface area is 132 Å². The van der Waals surface area contributed by atoms with Crippen LogP contribution in [-0.4, -0.2) is 30.9 Å². The average Bonchev–Trinajstić information content (AvgIpc) is 3.06. The molecule has 0 aromatic carbocycles. The molecule has 1 aromatic heterocycles. The lowest BCUT2D eigenvalue weighted by molar-refractivity contribution is -0.134. The third-order valence-electron chi connectivity index (χ3n) is 6.12. The van der Waals surface area contributed by atoms with Crippen LogP contribution in [0.1, 0.15) is 49.5 Å². The van der Waals surface area contributed by atoms with Gasteiger partial charge < -0.3 is 14.6 Å². The van der Waals surface area contributed by atoms with Gasteiger partial charge in [-0.05, 0) is 55.7 Å². The van der Waals surface area contributed by atoms with Gasteiger partial charge in [0.15, 0.2) is 0 Å². The minimum Gasteiger partial charge on any atom is -0.467 e. The zero-order valence-corrected chi connectivity index (χ0v) is 13.4. The molecule has 4 heteroatoms. The molecule has 1 N–H and O–H groups in total. The Bertz CT molecular complexity index is 553. The third-order valence-corrected chi connectivity index (χ3v) is 6.12. The molecule has 120 valence electrons. The number of likely N-dealkylation sites (N-methyl/N-ethyl adjacent to an activating group) is 1. The molecule has 2 aliphatic carbocycles. The van der Waals surface area contributed by atoms with Crippen molar-refractivity contribution >= 4 is 5.91 Å². The second kappa shape index (κ2) is 5.73. The summed E-state index contributed by atoms with van der Waals surface area (Å²) >= 11 is 0. The van der Waals surface area contributed by atoms with Crippen LogP contribution in [-0.2, 0) is 11.2 Å². The van der Waals surface area contributed by atoms with Gasteiger partial charge in [-0.25, -0.2) is 0 Å². The van der Waals surface area contributed by atoms with Crippen LogP contribution in [0.5, 0.6) is 0 Å². The first-order chi connectivity index (χ1) is 10.8. The number of nitrogens with zero attached hydrogens (tertiary/aromatic N) is 1. The molecule has 0 spiro atoms. The Morgan fingerprint density at radius 1 is 1.36 bits per heavy atom. The number of furan rings is 1. The van der Waals surface area contributed by atoms with Gasteiger partial charge in [0.05, 0.1) is 6.26 Å². The van der Waals surface area contributed by atoms with E-state index in [0.717, 1.165) is 43.0 Å². The van der Waals surface area contributed by atoms with Crippen LogP contribution in [0.4, 0.5) is 0 Å². The summed E-state index contributed by atoms with van der Waals surface area (Å²) in [6.07, 6.45) is 9.54. The second-order valence-electron chi connectivity index (χ2n) is 7.35. The monoisotopic (exact) mass is 302 g/mol. The summed E-state index contributed by atoms with van der Waals surface area (Å²) in [6.45, 7) is 1.78. The normalized spacial score (nSPS) is 34.6. The summed E-state index contributed by atoms with van der Waals surface area (Å²) < 4.78 is 5.59. The predicted octanol–water partition coefficient (Wildman–Crippen LogP) is 2.75. The average molecular weight is 302 g/mol. The molecule has 4 atom stereocenters. The number of hydrogen-bond acceptors (Lipinski definition) is 3. The van der Waals surface area contributed by atoms with Gasteiger partial charge in [-0.15, -0.1) is 0 Å². The smallest absolute Gasteiger partial charge is 0.247 e. The maximum absolute atomic E-state index is 12.9. The maximum atomic E-state index is 12.9. The lowest BCUT2D eigenvalue weighted by Crippen LogP contribution is -2.42. The molecule has 0 saturated heterocycles. The fourth-order valence-corrected chi connectivity index (χ4v) is 5.01. The van der Waals surface area contributed by atoms with E-state index < -0.39 is 0 Å². The van der Waals surface area contributed by atoms with Crippen LogP contribution >= 0.6 is 0 Å². The van der Waals surface area contributed by atoms with Gasteiger partial charge in [0.2, 0.25) is 5.91 Å². The van der Waals surface area contributed by atoms with E-state index in [1.165, 1.54) is 37.7 Å². The van der Waals surface area contributed by atoms with Crippen LogP contribution in [0.25, 0.3) is 0 Å². The van der Waals surface area contributed by atoms with Gasteiger partial charge in [-0.3, -0.25) is 4.79 Å². The Balaban J connectivity index is 1.51. The first-order valence-corrected chi connectivity index (χ1v) is 8.78. The van der Waals surface area contributed by atoms with E-state index in [1.807, 2.05) is 13.1 Å². The Hall–Kier alpha value is -1.29. The lowest BCUT2D eigenvalue weighted by Gasteiger charge is -2.29. The first kappa shape index (κ1) is 14.3. The molecule has 1 aliphatic heterocycles. The van der Waals surface area contributed by atoms with E-state index in [0.29, 0.717) is 0 Å². The zero-order valence-electron chi connectivity index (χ0n) is 13.4. The van der Waals surface area contributed by atoms with Crippen molar-refractivity contribution in [2.24, 2.45) is 17.8 Å². The van der Waals surface area contributed by atoms with Crippen molar-refractivity contribution in [3.05, 3.63) is 23.7 Å². The molecular formula is C18H26N2O2. The SMILES string of the molecule is CNC1C(=O)N(CC2CC3CCCC2C3)CCc2ccoc21. The van der Waals surface area contributed by atoms with Gasteiger partial charge in [0.1, 0.15) is 11.8 Å². The van der Waals surface area contributed by atoms with E-state index in [2.05, 4.69) is 10.2 Å². The number of hydrogen-bond donors (Lipinski definition) is 1. The predicted molar refractivity (Wildman–Crippen MR) is 84.3 cm³/mol. The highest BCUT2D eigenvalue weighted by Gasteiger charge is 2.40. The van der Waals surface area contributed by atoms with Gasteiger partial charge in [0, 0.05) is 13.1 Å². The number of amides is 1. The quantitative estimate of drug-likeness (QED) is 0.934. The number of rotatable bonds is 3. The molecule has 2 saturated carbocycles. The number of carbonyl (C=O) groups excluding carboxylic acids is 1. The van der Waals surface area contributed by atoms with E-state index >= 15 is 0 Å². The fourth-order valence-electron chi connectivity index (χ4n) is 5.01. The summed E-state index contributed by atoms with van der Waals surface area (Å²) in [5, 5.41) is 3.15. The molecule has 4 rings (SSSR count). The molecule has 4 nitrogen and oxygen atoms in total. The molecule has 3 aliphatic rings. The highest BCUT2D eigenvalue weighted by Crippen LogP contribution is 2.46. The first-order valence-electron chi connectivity index (χ1n) is 8.78. The van der Waals surface area contributed by atoms with Crippen LogP contribution < -0.4 is 5.32 Å². The molecule has 2 fully saturated rings. The summed E-state index contributed by atoms with van der Waals surface area (Å²) in [5.41, 5.74) is 1.18. The van der Waals surface area contributed by atoms with Crippen molar-refractivity contribution in [2.45, 2.75) is 44.6 Å². The number of carbonyl (C=O) groups is 1. The summed E-state index contributed by atoms with van der Waals surface area (Å²) in [6, 6.07) is 1.70. The highest BCUT2D eigenvalue weighted by molar-refractivity contribution is 5.83. The lowest BCUT2D eigenvalue weighted by atomic mass is 9.87. The van der Waals surface area contributed by atoms with Crippen molar-refractivity contribution in [1.29, 1.82) is 0 Å². The van der Waals surface area contributed by atoms with Crippen molar-refractivity contribution < 1.29 is 9.21 Å².